The summed E-state index contributed by atoms with van der Waals surface area (Å²) < 4.78 is 1.68. The second-order valence-corrected chi connectivity index (χ2v) is 6.71. The Bertz CT molecular complexity index is 1280. The van der Waals surface area contributed by atoms with Gasteiger partial charge < -0.3 is 5.73 Å². The van der Waals surface area contributed by atoms with Crippen LogP contribution in [0, 0.1) is 0 Å². The third-order valence-electron chi connectivity index (χ3n) is 4.70. The first-order valence-corrected chi connectivity index (χ1v) is 9.54. The monoisotopic (exact) mass is 393 g/mol. The molecular formula is C23H19N7. The molecule has 0 saturated carbocycles. The molecule has 0 unspecified atom stereocenters. The minimum absolute atomic E-state index is 0.466. The molecule has 4 N–H and O–H groups in total. The molecule has 0 spiro atoms. The molecule has 5 rings (SSSR count). The number of hydrazine groups is 1. The van der Waals surface area contributed by atoms with E-state index in [1.807, 2.05) is 91.0 Å². The Balaban J connectivity index is 1.65. The Morgan fingerprint density at radius 2 is 1.33 bits per heavy atom. The standard InChI is InChI=1S/C23H19N7/c24-20-19-22(28-27-17-12-6-2-7-13-17)25-21(16-10-4-1-5-11-16)26-23(19)29-30(20)18-14-8-3-9-15-18/h1-15,27H,24H2,(H,25,26,28,29). The van der Waals surface area contributed by atoms with Crippen LogP contribution in [0.4, 0.5) is 17.3 Å². The van der Waals surface area contributed by atoms with E-state index >= 15 is 0 Å². The van der Waals surface area contributed by atoms with E-state index < -0.39 is 0 Å². The molecule has 5 aromatic rings. The van der Waals surface area contributed by atoms with Gasteiger partial charge in [-0.25, -0.2) is 14.6 Å². The van der Waals surface area contributed by atoms with Crippen molar-refractivity contribution in [3.63, 3.8) is 0 Å². The van der Waals surface area contributed by atoms with Crippen molar-refractivity contribution in [1.82, 2.24) is 19.7 Å². The van der Waals surface area contributed by atoms with Gasteiger partial charge in [0.1, 0.15) is 11.2 Å². The van der Waals surface area contributed by atoms with Crippen LogP contribution < -0.4 is 16.6 Å². The van der Waals surface area contributed by atoms with Crippen molar-refractivity contribution in [3.8, 4) is 17.1 Å². The molecule has 7 heteroatoms. The van der Waals surface area contributed by atoms with Crippen LogP contribution in [0.15, 0.2) is 91.0 Å². The van der Waals surface area contributed by atoms with Crippen LogP contribution in [0.2, 0.25) is 0 Å². The largest absolute Gasteiger partial charge is 0.383 e. The number of hydrogen-bond donors (Lipinski definition) is 3. The van der Waals surface area contributed by atoms with Crippen LogP contribution in [-0.4, -0.2) is 19.7 Å². The third-order valence-corrected chi connectivity index (χ3v) is 4.70. The lowest BCUT2D eigenvalue weighted by Crippen LogP contribution is -2.11. The number of nitrogens with one attached hydrogen (secondary N) is 2. The van der Waals surface area contributed by atoms with Gasteiger partial charge in [-0.3, -0.25) is 10.9 Å². The average molecular weight is 393 g/mol. The number of para-hydroxylation sites is 2. The Kier molecular flexibility index (Phi) is 4.46. The summed E-state index contributed by atoms with van der Waals surface area (Å²) in [6.07, 6.45) is 0. The maximum Gasteiger partial charge on any atom is 0.189 e. The van der Waals surface area contributed by atoms with Crippen molar-refractivity contribution < 1.29 is 0 Å². The van der Waals surface area contributed by atoms with Crippen molar-refractivity contribution in [2.75, 3.05) is 16.6 Å². The number of anilines is 3. The first-order chi connectivity index (χ1) is 14.8. The zero-order valence-corrected chi connectivity index (χ0v) is 16.0. The van der Waals surface area contributed by atoms with Crippen LogP contribution in [-0.2, 0) is 0 Å². The summed E-state index contributed by atoms with van der Waals surface area (Å²) in [7, 11) is 0. The highest BCUT2D eigenvalue weighted by atomic mass is 15.4. The Morgan fingerprint density at radius 1 is 0.700 bits per heavy atom. The fourth-order valence-electron chi connectivity index (χ4n) is 3.24. The number of hydrogen-bond acceptors (Lipinski definition) is 6. The summed E-state index contributed by atoms with van der Waals surface area (Å²) in [6.45, 7) is 0. The van der Waals surface area contributed by atoms with E-state index in [1.165, 1.54) is 0 Å². The molecular weight excluding hydrogens is 374 g/mol. The summed E-state index contributed by atoms with van der Waals surface area (Å²) >= 11 is 0. The minimum atomic E-state index is 0.466. The van der Waals surface area contributed by atoms with Gasteiger partial charge in [0, 0.05) is 5.56 Å². The molecule has 0 aliphatic carbocycles. The highest BCUT2D eigenvalue weighted by molar-refractivity contribution is 5.97. The van der Waals surface area contributed by atoms with Gasteiger partial charge in [-0.1, -0.05) is 66.7 Å². The van der Waals surface area contributed by atoms with Gasteiger partial charge in [0.15, 0.2) is 17.3 Å². The van der Waals surface area contributed by atoms with Crippen LogP contribution in [0.3, 0.4) is 0 Å². The van der Waals surface area contributed by atoms with Gasteiger partial charge in [-0.15, -0.1) is 5.10 Å². The lowest BCUT2D eigenvalue weighted by Gasteiger charge is -2.11. The zero-order chi connectivity index (χ0) is 20.3. The Hall–Kier alpha value is -4.39. The fraction of sp³-hybridized carbons (Fsp3) is 0. The molecule has 0 fully saturated rings. The van der Waals surface area contributed by atoms with Crippen molar-refractivity contribution in [2.24, 2.45) is 0 Å². The highest BCUT2D eigenvalue weighted by Crippen LogP contribution is 2.30. The molecule has 7 nitrogen and oxygen atoms in total. The van der Waals surface area contributed by atoms with E-state index in [9.17, 15) is 0 Å². The molecule has 30 heavy (non-hydrogen) atoms. The Labute approximate surface area is 173 Å². The first-order valence-electron chi connectivity index (χ1n) is 9.54. The second kappa shape index (κ2) is 7.56. The van der Waals surface area contributed by atoms with Gasteiger partial charge in [0.05, 0.1) is 11.4 Å². The second-order valence-electron chi connectivity index (χ2n) is 6.71. The van der Waals surface area contributed by atoms with Crippen LogP contribution in [0.1, 0.15) is 0 Å². The summed E-state index contributed by atoms with van der Waals surface area (Å²) in [5.41, 5.74) is 16.0. The number of nitrogen functional groups attached to an aromatic ring is 1. The maximum atomic E-state index is 6.48. The number of fused-ring (bicyclic) bond motifs is 1. The van der Waals surface area contributed by atoms with E-state index in [4.69, 9.17) is 10.7 Å². The topological polar surface area (TPSA) is 93.7 Å². The van der Waals surface area contributed by atoms with E-state index in [0.717, 1.165) is 16.9 Å². The molecule has 0 radical (unpaired) electrons. The van der Waals surface area contributed by atoms with Crippen molar-refractivity contribution >= 4 is 28.4 Å². The van der Waals surface area contributed by atoms with Crippen molar-refractivity contribution in [3.05, 3.63) is 91.0 Å². The van der Waals surface area contributed by atoms with Crippen LogP contribution >= 0.6 is 0 Å². The van der Waals surface area contributed by atoms with Crippen molar-refractivity contribution in [1.29, 1.82) is 0 Å². The summed E-state index contributed by atoms with van der Waals surface area (Å²) in [6, 6.07) is 29.3. The third kappa shape index (κ3) is 3.29. The van der Waals surface area contributed by atoms with Crippen molar-refractivity contribution in [2.45, 2.75) is 0 Å². The lowest BCUT2D eigenvalue weighted by molar-refractivity contribution is 0.900. The number of aromatic nitrogens is 4. The predicted molar refractivity (Wildman–Crippen MR) is 120 cm³/mol. The number of nitrogens with two attached hydrogens (primary N) is 1. The maximum absolute atomic E-state index is 6.48. The van der Waals surface area contributed by atoms with E-state index in [0.29, 0.717) is 28.5 Å². The summed E-state index contributed by atoms with van der Waals surface area (Å²) in [5, 5.41) is 5.31. The predicted octanol–water partition coefficient (Wildman–Crippen LogP) is 4.50. The van der Waals surface area contributed by atoms with E-state index in [2.05, 4.69) is 20.9 Å². The molecule has 0 bridgehead atoms. The molecule has 2 aromatic heterocycles. The molecule has 2 heterocycles. The molecule has 146 valence electrons. The number of nitrogens with zero attached hydrogens (tertiary/aromatic N) is 4. The molecule has 0 amide bonds. The normalized spacial score (nSPS) is 10.8. The molecule has 0 saturated heterocycles. The van der Waals surface area contributed by atoms with Gasteiger partial charge in [-0.2, -0.15) is 0 Å². The minimum Gasteiger partial charge on any atom is -0.383 e. The quantitative estimate of drug-likeness (QED) is 0.381. The Morgan fingerprint density at radius 3 is 2.03 bits per heavy atom. The summed E-state index contributed by atoms with van der Waals surface area (Å²) in [5.74, 6) is 1.59. The number of benzene rings is 3. The highest BCUT2D eigenvalue weighted by Gasteiger charge is 2.18. The molecule has 0 aliphatic rings. The van der Waals surface area contributed by atoms with Gasteiger partial charge in [-0.05, 0) is 24.3 Å². The molecule has 0 aliphatic heterocycles. The smallest absolute Gasteiger partial charge is 0.189 e. The fourth-order valence-corrected chi connectivity index (χ4v) is 3.24. The SMILES string of the molecule is Nc1c2c(NNc3ccccc3)nc(-c3ccccc3)nc2nn1-c1ccccc1. The van der Waals surface area contributed by atoms with Gasteiger partial charge >= 0.3 is 0 Å². The zero-order valence-electron chi connectivity index (χ0n) is 16.0. The lowest BCUT2D eigenvalue weighted by atomic mass is 10.2. The van der Waals surface area contributed by atoms with Crippen LogP contribution in [0.25, 0.3) is 28.1 Å². The van der Waals surface area contributed by atoms with E-state index in [1.54, 1.807) is 4.68 Å². The molecule has 0 atom stereocenters. The van der Waals surface area contributed by atoms with Gasteiger partial charge in [0.2, 0.25) is 0 Å². The average Bonchev–Trinajstić information content (AvgIpc) is 3.16. The van der Waals surface area contributed by atoms with Gasteiger partial charge in [0.25, 0.3) is 0 Å². The number of rotatable bonds is 5. The summed E-state index contributed by atoms with van der Waals surface area (Å²) in [4.78, 5) is 9.41. The first kappa shape index (κ1) is 17.7. The van der Waals surface area contributed by atoms with Crippen LogP contribution in [0.5, 0.6) is 0 Å². The van der Waals surface area contributed by atoms with E-state index in [-0.39, 0.29) is 0 Å². The molecule has 3 aromatic carbocycles.